The minimum Gasteiger partial charge on any atom is -0.478 e. The van der Waals surface area contributed by atoms with Gasteiger partial charge >= 0.3 is 11.9 Å². The van der Waals surface area contributed by atoms with Gasteiger partial charge in [0, 0.05) is 10.6 Å². The molecular weight excluding hydrogens is 292 g/mol. The van der Waals surface area contributed by atoms with Crippen LogP contribution >= 0.6 is 11.6 Å². The highest BCUT2D eigenvalue weighted by Crippen LogP contribution is 2.46. The lowest BCUT2D eigenvalue weighted by Crippen LogP contribution is -2.39. The van der Waals surface area contributed by atoms with Crippen molar-refractivity contribution in [3.05, 3.63) is 46.5 Å². The number of hydrogen-bond donors (Lipinski definition) is 1. The van der Waals surface area contributed by atoms with Crippen LogP contribution in [0.15, 0.2) is 30.4 Å². The molecule has 1 aliphatic carbocycles. The van der Waals surface area contributed by atoms with Gasteiger partial charge in [-0.3, -0.25) is 4.79 Å². The van der Waals surface area contributed by atoms with Crippen LogP contribution < -0.4 is 0 Å². The molecule has 0 amide bonds. The highest BCUT2D eigenvalue weighted by Gasteiger charge is 2.42. The first kappa shape index (κ1) is 15.6. The summed E-state index contributed by atoms with van der Waals surface area (Å²) in [6, 6.07) is 5.61. The molecular formula is C16H17ClO4. The molecule has 0 atom stereocenters. The van der Waals surface area contributed by atoms with E-state index >= 15 is 0 Å². The van der Waals surface area contributed by atoms with E-state index < -0.39 is 17.5 Å². The van der Waals surface area contributed by atoms with Crippen LogP contribution in [0.3, 0.4) is 0 Å². The molecule has 0 bridgehead atoms. The van der Waals surface area contributed by atoms with E-state index in [1.165, 1.54) is 0 Å². The quantitative estimate of drug-likeness (QED) is 0.667. The summed E-state index contributed by atoms with van der Waals surface area (Å²) >= 11 is 6.13. The van der Waals surface area contributed by atoms with Gasteiger partial charge in [-0.2, -0.15) is 0 Å². The fourth-order valence-electron chi connectivity index (χ4n) is 2.33. The van der Waals surface area contributed by atoms with Gasteiger partial charge in [0.15, 0.2) is 0 Å². The van der Waals surface area contributed by atoms with Crippen molar-refractivity contribution in [1.82, 2.24) is 0 Å². The Balaban J connectivity index is 2.14. The van der Waals surface area contributed by atoms with Gasteiger partial charge in [-0.05, 0) is 43.4 Å². The fraction of sp³-hybridized carbons (Fsp3) is 0.375. The summed E-state index contributed by atoms with van der Waals surface area (Å²) in [5, 5.41) is 9.39. The van der Waals surface area contributed by atoms with Crippen molar-refractivity contribution in [2.24, 2.45) is 0 Å². The number of benzene rings is 1. The average molecular weight is 309 g/mol. The zero-order valence-electron chi connectivity index (χ0n) is 11.8. The Morgan fingerprint density at radius 2 is 2.10 bits per heavy atom. The van der Waals surface area contributed by atoms with Gasteiger partial charge in [0.25, 0.3) is 0 Å². The van der Waals surface area contributed by atoms with Crippen molar-refractivity contribution in [3.63, 3.8) is 0 Å². The highest BCUT2D eigenvalue weighted by atomic mass is 35.5. The van der Waals surface area contributed by atoms with Crippen LogP contribution in [-0.2, 0) is 19.9 Å². The number of carbonyl (C=O) groups excluding carboxylic acids is 1. The molecule has 0 saturated heterocycles. The monoisotopic (exact) mass is 308 g/mol. The number of hydrogen-bond acceptors (Lipinski definition) is 3. The lowest BCUT2D eigenvalue weighted by Gasteiger charge is -2.41. The summed E-state index contributed by atoms with van der Waals surface area (Å²) in [6.07, 6.45) is 2.09. The van der Waals surface area contributed by atoms with Crippen molar-refractivity contribution in [2.45, 2.75) is 38.2 Å². The van der Waals surface area contributed by atoms with E-state index in [1.807, 2.05) is 25.1 Å². The Bertz CT molecular complexity index is 602. The first-order chi connectivity index (χ1) is 9.84. The van der Waals surface area contributed by atoms with Gasteiger partial charge in [0.1, 0.15) is 5.60 Å². The van der Waals surface area contributed by atoms with E-state index in [2.05, 4.69) is 6.58 Å². The molecule has 0 heterocycles. The second-order valence-corrected chi connectivity index (χ2v) is 5.78. The number of ether oxygens (including phenoxy) is 1. The number of esters is 1. The molecule has 0 unspecified atom stereocenters. The van der Waals surface area contributed by atoms with E-state index in [0.29, 0.717) is 5.02 Å². The van der Waals surface area contributed by atoms with Gasteiger partial charge in [0.05, 0.1) is 6.42 Å². The Kier molecular flexibility index (Phi) is 4.37. The fourth-order valence-corrected chi connectivity index (χ4v) is 2.51. The summed E-state index contributed by atoms with van der Waals surface area (Å²) in [6.45, 7) is 5.25. The maximum absolute atomic E-state index is 11.9. The van der Waals surface area contributed by atoms with Crippen LogP contribution in [0.1, 0.15) is 36.8 Å². The molecule has 0 aromatic heterocycles. The third-order valence-corrected chi connectivity index (χ3v) is 4.24. The lowest BCUT2D eigenvalue weighted by atomic mass is 9.74. The van der Waals surface area contributed by atoms with Gasteiger partial charge in [-0.15, -0.1) is 0 Å². The van der Waals surface area contributed by atoms with Gasteiger partial charge in [0.2, 0.25) is 0 Å². The maximum Gasteiger partial charge on any atom is 0.331 e. The largest absolute Gasteiger partial charge is 0.478 e. The number of halogens is 1. The standard InChI is InChI=1S/C16H17ClO4/c1-10-4-5-12(9-13(10)17)16(6-3-7-16)21-14(18)8-11(2)15(19)20/h4-5,9H,2-3,6-8H2,1H3,(H,19,20). The molecule has 1 fully saturated rings. The minimum absolute atomic E-state index is 0.170. The number of carboxylic acid groups (broad SMARTS) is 1. The molecule has 112 valence electrons. The van der Waals surface area contributed by atoms with Crippen LogP contribution in [0.5, 0.6) is 0 Å². The topological polar surface area (TPSA) is 63.6 Å². The SMILES string of the molecule is C=C(CC(=O)OC1(c2ccc(C)c(Cl)c2)CCC1)C(=O)O. The molecule has 1 aliphatic rings. The molecule has 2 rings (SSSR count). The smallest absolute Gasteiger partial charge is 0.331 e. The summed E-state index contributed by atoms with van der Waals surface area (Å²) in [4.78, 5) is 22.6. The van der Waals surface area contributed by atoms with Crippen LogP contribution in [0.4, 0.5) is 0 Å². The van der Waals surface area contributed by atoms with Crippen LogP contribution in [0, 0.1) is 6.92 Å². The molecule has 0 aliphatic heterocycles. The molecule has 0 spiro atoms. The Hall–Kier alpha value is -1.81. The third kappa shape index (κ3) is 3.27. The summed E-state index contributed by atoms with van der Waals surface area (Å²) in [5.74, 6) is -1.76. The summed E-state index contributed by atoms with van der Waals surface area (Å²) < 4.78 is 5.55. The zero-order chi connectivity index (χ0) is 15.6. The van der Waals surface area contributed by atoms with E-state index in [9.17, 15) is 9.59 Å². The van der Waals surface area contributed by atoms with Crippen LogP contribution in [0.2, 0.25) is 5.02 Å². The Morgan fingerprint density at radius 3 is 2.57 bits per heavy atom. The van der Waals surface area contributed by atoms with Crippen LogP contribution in [0.25, 0.3) is 0 Å². The summed E-state index contributed by atoms with van der Waals surface area (Å²) in [5.41, 5.74) is 0.975. The van der Waals surface area contributed by atoms with Gasteiger partial charge < -0.3 is 9.84 Å². The second kappa shape index (κ2) is 5.90. The number of aliphatic carboxylic acids is 1. The van der Waals surface area contributed by atoms with Crippen molar-refractivity contribution in [3.8, 4) is 0 Å². The van der Waals surface area contributed by atoms with Gasteiger partial charge in [-0.1, -0.05) is 30.3 Å². The predicted molar refractivity (Wildman–Crippen MR) is 79.2 cm³/mol. The predicted octanol–water partition coefficient (Wildman–Crippen LogP) is 3.60. The van der Waals surface area contributed by atoms with Crippen molar-refractivity contribution >= 4 is 23.5 Å². The third-order valence-electron chi connectivity index (χ3n) is 3.83. The molecule has 1 saturated carbocycles. The molecule has 1 N–H and O–H groups in total. The molecule has 1 aromatic rings. The van der Waals surface area contributed by atoms with Crippen molar-refractivity contribution in [1.29, 1.82) is 0 Å². The lowest BCUT2D eigenvalue weighted by molar-refractivity contribution is -0.171. The summed E-state index contributed by atoms with van der Waals surface area (Å²) in [7, 11) is 0. The minimum atomic E-state index is -1.19. The number of aryl methyl sites for hydroxylation is 1. The number of rotatable bonds is 5. The molecule has 0 radical (unpaired) electrons. The molecule has 4 nitrogen and oxygen atoms in total. The molecule has 21 heavy (non-hydrogen) atoms. The van der Waals surface area contributed by atoms with E-state index in [4.69, 9.17) is 21.4 Å². The average Bonchev–Trinajstić information content (AvgIpc) is 2.37. The van der Waals surface area contributed by atoms with E-state index in [0.717, 1.165) is 30.4 Å². The van der Waals surface area contributed by atoms with E-state index in [-0.39, 0.29) is 12.0 Å². The van der Waals surface area contributed by atoms with Crippen molar-refractivity contribution in [2.75, 3.05) is 0 Å². The number of carbonyl (C=O) groups is 2. The number of carboxylic acids is 1. The first-order valence-electron chi connectivity index (χ1n) is 6.73. The Morgan fingerprint density at radius 1 is 1.43 bits per heavy atom. The van der Waals surface area contributed by atoms with E-state index in [1.54, 1.807) is 0 Å². The Labute approximate surface area is 128 Å². The van der Waals surface area contributed by atoms with Gasteiger partial charge in [-0.25, -0.2) is 4.79 Å². The van der Waals surface area contributed by atoms with Crippen molar-refractivity contribution < 1.29 is 19.4 Å². The first-order valence-corrected chi connectivity index (χ1v) is 7.11. The zero-order valence-corrected chi connectivity index (χ0v) is 12.6. The maximum atomic E-state index is 11.9. The molecule has 5 heteroatoms. The highest BCUT2D eigenvalue weighted by molar-refractivity contribution is 6.31. The second-order valence-electron chi connectivity index (χ2n) is 5.37. The normalized spacial score (nSPS) is 15.9. The van der Waals surface area contributed by atoms with Crippen LogP contribution in [-0.4, -0.2) is 17.0 Å². The molecule has 1 aromatic carbocycles.